The second-order valence-electron chi connectivity index (χ2n) is 3.42. The predicted octanol–water partition coefficient (Wildman–Crippen LogP) is 4.58. The van der Waals surface area contributed by atoms with Gasteiger partial charge in [0.05, 0.1) is 0 Å². The summed E-state index contributed by atoms with van der Waals surface area (Å²) in [6.07, 6.45) is 0. The minimum absolute atomic E-state index is 0.278. The van der Waals surface area contributed by atoms with Crippen LogP contribution in [0.1, 0.15) is 5.56 Å². The number of hydrogen-bond acceptors (Lipinski definition) is 1. The Labute approximate surface area is 98.4 Å². The topological polar surface area (TPSA) is 9.23 Å². The smallest absolute Gasteiger partial charge is 0.133 e. The molecule has 0 saturated carbocycles. The van der Waals surface area contributed by atoms with Gasteiger partial charge in [-0.2, -0.15) is 0 Å². The molecule has 0 atom stereocenters. The monoisotopic (exact) mass is 236 g/mol. The van der Waals surface area contributed by atoms with E-state index in [2.05, 4.69) is 0 Å². The first kappa shape index (κ1) is 11.0. The molecule has 0 aliphatic heterocycles. The van der Waals surface area contributed by atoms with Crippen molar-refractivity contribution in [1.82, 2.24) is 0 Å². The van der Waals surface area contributed by atoms with Gasteiger partial charge in [-0.15, -0.1) is 0 Å². The van der Waals surface area contributed by atoms with Gasteiger partial charge >= 0.3 is 0 Å². The Bertz CT molecular complexity index is 511. The molecule has 0 unspecified atom stereocenters. The highest BCUT2D eigenvalue weighted by molar-refractivity contribution is 6.30. The van der Waals surface area contributed by atoms with Crippen molar-refractivity contribution in [2.24, 2.45) is 0 Å². The molecule has 0 fully saturated rings. The minimum atomic E-state index is -0.278. The van der Waals surface area contributed by atoms with E-state index in [9.17, 15) is 4.39 Å². The van der Waals surface area contributed by atoms with E-state index in [1.165, 1.54) is 6.07 Å². The molecule has 0 bridgehead atoms. The summed E-state index contributed by atoms with van der Waals surface area (Å²) in [5.41, 5.74) is 0.488. The predicted molar refractivity (Wildman–Crippen MR) is 62.7 cm³/mol. The Morgan fingerprint density at radius 1 is 1.12 bits per heavy atom. The average molecular weight is 237 g/mol. The summed E-state index contributed by atoms with van der Waals surface area (Å²) in [6.45, 7) is 1.68. The fourth-order valence-electron chi connectivity index (χ4n) is 1.36. The van der Waals surface area contributed by atoms with Crippen LogP contribution in [0.3, 0.4) is 0 Å². The molecule has 0 aliphatic rings. The summed E-state index contributed by atoms with van der Waals surface area (Å²) in [4.78, 5) is 0. The lowest BCUT2D eigenvalue weighted by Crippen LogP contribution is -1.90. The van der Waals surface area contributed by atoms with E-state index in [0.29, 0.717) is 22.1 Å². The molecule has 0 saturated heterocycles. The summed E-state index contributed by atoms with van der Waals surface area (Å²) < 4.78 is 18.8. The Morgan fingerprint density at radius 3 is 2.62 bits per heavy atom. The molecule has 0 amide bonds. The van der Waals surface area contributed by atoms with Crippen molar-refractivity contribution in [3.63, 3.8) is 0 Å². The van der Waals surface area contributed by atoms with Gasteiger partial charge in [-0.25, -0.2) is 4.39 Å². The lowest BCUT2D eigenvalue weighted by molar-refractivity contribution is 0.471. The summed E-state index contributed by atoms with van der Waals surface area (Å²) >= 11 is 5.83. The van der Waals surface area contributed by atoms with Gasteiger partial charge in [0.1, 0.15) is 17.3 Å². The van der Waals surface area contributed by atoms with Gasteiger partial charge in [-0.1, -0.05) is 23.7 Å². The van der Waals surface area contributed by atoms with Crippen LogP contribution >= 0.6 is 11.6 Å². The number of benzene rings is 2. The van der Waals surface area contributed by atoms with Gasteiger partial charge in [0.25, 0.3) is 0 Å². The standard InChI is InChI=1S/C13H10ClFO/c1-9-12(15)6-3-7-13(9)16-11-5-2-4-10(14)8-11/h2-8H,1H3. The van der Waals surface area contributed by atoms with Crippen LogP contribution in [-0.4, -0.2) is 0 Å². The summed E-state index contributed by atoms with van der Waals surface area (Å²) in [5.74, 6) is 0.822. The highest BCUT2D eigenvalue weighted by Gasteiger charge is 2.05. The normalized spacial score (nSPS) is 10.2. The van der Waals surface area contributed by atoms with Gasteiger partial charge in [0.15, 0.2) is 0 Å². The lowest BCUT2D eigenvalue weighted by atomic mass is 10.2. The Morgan fingerprint density at radius 2 is 1.88 bits per heavy atom. The maximum absolute atomic E-state index is 13.3. The molecule has 0 heterocycles. The first-order valence-corrected chi connectivity index (χ1v) is 5.23. The molecule has 0 radical (unpaired) electrons. The third-order valence-corrected chi connectivity index (χ3v) is 2.48. The molecule has 2 rings (SSSR count). The highest BCUT2D eigenvalue weighted by atomic mass is 35.5. The zero-order chi connectivity index (χ0) is 11.5. The van der Waals surface area contributed by atoms with Crippen molar-refractivity contribution in [3.05, 3.63) is 58.9 Å². The molecule has 1 nitrogen and oxygen atoms in total. The minimum Gasteiger partial charge on any atom is -0.457 e. The van der Waals surface area contributed by atoms with Crippen LogP contribution in [0.2, 0.25) is 5.02 Å². The van der Waals surface area contributed by atoms with Crippen LogP contribution in [0, 0.1) is 12.7 Å². The SMILES string of the molecule is Cc1c(F)cccc1Oc1cccc(Cl)c1. The van der Waals surface area contributed by atoms with Crippen LogP contribution in [0.25, 0.3) is 0 Å². The fourth-order valence-corrected chi connectivity index (χ4v) is 1.54. The largest absolute Gasteiger partial charge is 0.457 e. The van der Waals surface area contributed by atoms with E-state index in [4.69, 9.17) is 16.3 Å². The van der Waals surface area contributed by atoms with Crippen molar-refractivity contribution in [1.29, 1.82) is 0 Å². The Hall–Kier alpha value is -1.54. The van der Waals surface area contributed by atoms with E-state index in [0.717, 1.165) is 0 Å². The Kier molecular flexibility index (Phi) is 3.11. The van der Waals surface area contributed by atoms with Crippen LogP contribution in [0.4, 0.5) is 4.39 Å². The molecule has 0 aliphatic carbocycles. The van der Waals surface area contributed by atoms with Gasteiger partial charge in [0.2, 0.25) is 0 Å². The first-order chi connectivity index (χ1) is 7.66. The highest BCUT2D eigenvalue weighted by Crippen LogP contribution is 2.27. The van der Waals surface area contributed by atoms with Crippen molar-refractivity contribution >= 4 is 11.6 Å². The molecular weight excluding hydrogens is 227 g/mol. The second kappa shape index (κ2) is 4.54. The van der Waals surface area contributed by atoms with Crippen LogP contribution in [0.15, 0.2) is 42.5 Å². The molecule has 82 valence electrons. The van der Waals surface area contributed by atoms with Crippen molar-refractivity contribution in [2.75, 3.05) is 0 Å². The maximum Gasteiger partial charge on any atom is 0.133 e. The van der Waals surface area contributed by atoms with Crippen molar-refractivity contribution in [3.8, 4) is 11.5 Å². The zero-order valence-corrected chi connectivity index (χ0v) is 9.46. The molecule has 0 N–H and O–H groups in total. The first-order valence-electron chi connectivity index (χ1n) is 4.85. The third kappa shape index (κ3) is 2.34. The van der Waals surface area contributed by atoms with Crippen molar-refractivity contribution in [2.45, 2.75) is 6.92 Å². The second-order valence-corrected chi connectivity index (χ2v) is 3.86. The summed E-state index contributed by atoms with van der Waals surface area (Å²) in [7, 11) is 0. The summed E-state index contributed by atoms with van der Waals surface area (Å²) in [5, 5.41) is 0.589. The van der Waals surface area contributed by atoms with E-state index in [-0.39, 0.29) is 5.82 Å². The number of rotatable bonds is 2. The van der Waals surface area contributed by atoms with Gasteiger partial charge in [-0.3, -0.25) is 0 Å². The average Bonchev–Trinajstić information content (AvgIpc) is 2.25. The molecule has 3 heteroatoms. The molecular formula is C13H10ClFO. The van der Waals surface area contributed by atoms with E-state index in [1.807, 2.05) is 0 Å². The van der Waals surface area contributed by atoms with Gasteiger partial charge in [-0.05, 0) is 37.3 Å². The fraction of sp³-hybridized carbons (Fsp3) is 0.0769. The molecule has 2 aromatic rings. The Balaban J connectivity index is 2.31. The molecule has 0 aromatic heterocycles. The van der Waals surface area contributed by atoms with Crippen molar-refractivity contribution < 1.29 is 9.13 Å². The van der Waals surface area contributed by atoms with Crippen LogP contribution < -0.4 is 4.74 Å². The molecule has 16 heavy (non-hydrogen) atoms. The third-order valence-electron chi connectivity index (χ3n) is 2.24. The van der Waals surface area contributed by atoms with E-state index >= 15 is 0 Å². The van der Waals surface area contributed by atoms with Gasteiger partial charge in [0, 0.05) is 10.6 Å². The van der Waals surface area contributed by atoms with Crippen LogP contribution in [0.5, 0.6) is 11.5 Å². The van der Waals surface area contributed by atoms with Gasteiger partial charge < -0.3 is 4.74 Å². The number of hydrogen-bond donors (Lipinski definition) is 0. The van der Waals surface area contributed by atoms with Crippen LogP contribution in [-0.2, 0) is 0 Å². The number of ether oxygens (including phenoxy) is 1. The quantitative estimate of drug-likeness (QED) is 0.742. The zero-order valence-electron chi connectivity index (χ0n) is 8.71. The molecule has 0 spiro atoms. The van der Waals surface area contributed by atoms with E-state index < -0.39 is 0 Å². The summed E-state index contributed by atoms with van der Waals surface area (Å²) in [6, 6.07) is 11.7. The molecule has 2 aromatic carbocycles. The lowest BCUT2D eigenvalue weighted by Gasteiger charge is -2.09. The number of halogens is 2. The van der Waals surface area contributed by atoms with E-state index in [1.54, 1.807) is 43.3 Å². The maximum atomic E-state index is 13.3.